The van der Waals surface area contributed by atoms with Gasteiger partial charge in [-0.3, -0.25) is 0 Å². The second-order valence-corrected chi connectivity index (χ2v) is 8.47. The molecule has 3 rings (SSSR count). The van der Waals surface area contributed by atoms with E-state index < -0.39 is 0 Å². The van der Waals surface area contributed by atoms with Gasteiger partial charge in [-0.1, -0.05) is 52.3 Å². The maximum atomic E-state index is 4.30. The van der Waals surface area contributed by atoms with E-state index in [1.165, 1.54) is 37.7 Å². The monoisotopic (exact) mass is 297 g/mol. The number of fused-ring (bicyclic) bond motifs is 3. The molecule has 0 spiro atoms. The van der Waals surface area contributed by atoms with Gasteiger partial charge < -0.3 is 4.99 Å². The lowest BCUT2D eigenvalue weighted by molar-refractivity contribution is 0.0332. The Labute approximate surface area is 136 Å². The third-order valence-corrected chi connectivity index (χ3v) is 6.64. The summed E-state index contributed by atoms with van der Waals surface area (Å²) in [5, 5.41) is 0. The van der Waals surface area contributed by atoms with Crippen LogP contribution >= 0.6 is 0 Å². The largest absolute Gasteiger partial charge is 0.300 e. The third kappa shape index (κ3) is 2.33. The number of hydrogen-bond donors (Lipinski definition) is 0. The molecule has 1 aromatic carbocycles. The van der Waals surface area contributed by atoms with Crippen LogP contribution in [-0.4, -0.2) is 13.3 Å². The molecule has 1 fully saturated rings. The quantitative estimate of drug-likeness (QED) is 0.651. The first kappa shape index (κ1) is 15.8. The molecule has 2 aliphatic carbocycles. The highest BCUT2D eigenvalue weighted by Gasteiger charge is 2.51. The highest BCUT2D eigenvalue weighted by Crippen LogP contribution is 2.57. The highest BCUT2D eigenvalue weighted by atomic mass is 14.7. The first-order chi connectivity index (χ1) is 10.4. The number of aliphatic imine (C=N–C) groups is 1. The first-order valence-electron chi connectivity index (χ1n) is 8.96. The van der Waals surface area contributed by atoms with Crippen LogP contribution in [0.2, 0.25) is 0 Å². The zero-order valence-corrected chi connectivity index (χ0v) is 14.8. The molecule has 0 saturated heterocycles. The second kappa shape index (κ2) is 5.51. The van der Waals surface area contributed by atoms with Gasteiger partial charge in [0.25, 0.3) is 0 Å². The van der Waals surface area contributed by atoms with Crippen molar-refractivity contribution in [3.05, 3.63) is 34.9 Å². The van der Waals surface area contributed by atoms with Crippen LogP contribution in [-0.2, 0) is 11.8 Å². The van der Waals surface area contributed by atoms with Crippen LogP contribution in [0, 0.1) is 11.3 Å². The van der Waals surface area contributed by atoms with Crippen LogP contribution in [0.5, 0.6) is 0 Å². The molecule has 1 nitrogen and oxygen atoms in total. The van der Waals surface area contributed by atoms with Gasteiger partial charge in [0.1, 0.15) is 0 Å². The third-order valence-electron chi connectivity index (χ3n) is 6.64. The number of aryl methyl sites for hydroxylation is 1. The van der Waals surface area contributed by atoms with E-state index in [0.29, 0.717) is 16.7 Å². The fraction of sp³-hybridized carbons (Fsp3) is 0.667. The van der Waals surface area contributed by atoms with Crippen molar-refractivity contribution < 1.29 is 0 Å². The molecule has 22 heavy (non-hydrogen) atoms. The van der Waals surface area contributed by atoms with Gasteiger partial charge in [0.15, 0.2) is 0 Å². The Morgan fingerprint density at radius 1 is 1.27 bits per heavy atom. The molecule has 0 N–H and O–H groups in total. The summed E-state index contributed by atoms with van der Waals surface area (Å²) in [7, 11) is 0. The van der Waals surface area contributed by atoms with Crippen molar-refractivity contribution in [2.45, 2.75) is 71.1 Å². The summed E-state index contributed by atoms with van der Waals surface area (Å²) in [6.07, 6.45) is 6.52. The molecule has 0 aromatic heterocycles. The van der Waals surface area contributed by atoms with Crippen molar-refractivity contribution in [2.75, 3.05) is 6.54 Å². The fourth-order valence-electron chi connectivity index (χ4n) is 5.45. The summed E-state index contributed by atoms with van der Waals surface area (Å²) in [5.41, 5.74) is 5.40. The molecule has 0 aliphatic heterocycles. The van der Waals surface area contributed by atoms with Crippen LogP contribution in [0.1, 0.15) is 76.0 Å². The molecule has 0 bridgehead atoms. The lowest BCUT2D eigenvalue weighted by atomic mass is 9.50. The molecular formula is C21H31N. The van der Waals surface area contributed by atoms with Crippen LogP contribution in [0.15, 0.2) is 23.2 Å². The standard InChI is InChI=1S/C21H31N/c1-15(2)16-7-9-18-17(13-16)8-10-19-20(3,14-22-5)11-6-12-21(18,19)4/h7,9,13,15,19H,5-6,8,10-12,14H2,1-4H3. The van der Waals surface area contributed by atoms with Crippen molar-refractivity contribution in [3.8, 4) is 0 Å². The van der Waals surface area contributed by atoms with E-state index >= 15 is 0 Å². The Balaban J connectivity index is 2.03. The summed E-state index contributed by atoms with van der Waals surface area (Å²) in [4.78, 5) is 4.30. The van der Waals surface area contributed by atoms with Gasteiger partial charge in [0.05, 0.1) is 0 Å². The van der Waals surface area contributed by atoms with Gasteiger partial charge in [-0.15, -0.1) is 0 Å². The van der Waals surface area contributed by atoms with Crippen LogP contribution in [0.3, 0.4) is 0 Å². The topological polar surface area (TPSA) is 12.4 Å². The molecule has 0 radical (unpaired) electrons. The number of hydrogen-bond acceptors (Lipinski definition) is 1. The normalized spacial score (nSPS) is 34.1. The molecule has 3 unspecified atom stereocenters. The molecule has 1 saturated carbocycles. The van der Waals surface area contributed by atoms with E-state index in [1.54, 1.807) is 11.1 Å². The SMILES string of the molecule is C=NCC1(C)CCCC2(C)c3ccc(C(C)C)cc3CCC12. The minimum Gasteiger partial charge on any atom is -0.300 e. The lowest BCUT2D eigenvalue weighted by Crippen LogP contribution is -2.50. The van der Waals surface area contributed by atoms with E-state index in [4.69, 9.17) is 0 Å². The van der Waals surface area contributed by atoms with Gasteiger partial charge in [0.2, 0.25) is 0 Å². The van der Waals surface area contributed by atoms with Gasteiger partial charge in [-0.2, -0.15) is 0 Å². The average Bonchev–Trinajstić information content (AvgIpc) is 2.46. The summed E-state index contributed by atoms with van der Waals surface area (Å²) < 4.78 is 0. The molecular weight excluding hydrogens is 266 g/mol. The van der Waals surface area contributed by atoms with Gasteiger partial charge in [0, 0.05) is 6.54 Å². The zero-order valence-electron chi connectivity index (χ0n) is 14.8. The molecule has 120 valence electrons. The van der Waals surface area contributed by atoms with Crippen LogP contribution in [0.25, 0.3) is 0 Å². The van der Waals surface area contributed by atoms with Crippen LogP contribution in [0.4, 0.5) is 0 Å². The van der Waals surface area contributed by atoms with Gasteiger partial charge >= 0.3 is 0 Å². The second-order valence-electron chi connectivity index (χ2n) is 8.47. The number of benzene rings is 1. The zero-order chi connectivity index (χ0) is 16.0. The minimum atomic E-state index is 0.334. The summed E-state index contributed by atoms with van der Waals surface area (Å²) in [6, 6.07) is 7.30. The lowest BCUT2D eigenvalue weighted by Gasteiger charge is -2.55. The van der Waals surface area contributed by atoms with Gasteiger partial charge in [-0.05, 0) is 71.8 Å². The first-order valence-corrected chi connectivity index (χ1v) is 8.96. The molecule has 0 heterocycles. The van der Waals surface area contributed by atoms with E-state index in [2.05, 4.69) is 57.6 Å². The Bertz CT molecular complexity index is 573. The summed E-state index contributed by atoms with van der Waals surface area (Å²) in [6.45, 7) is 14.3. The molecule has 3 atom stereocenters. The van der Waals surface area contributed by atoms with Crippen LogP contribution < -0.4 is 0 Å². The van der Waals surface area contributed by atoms with E-state index in [0.717, 1.165) is 12.5 Å². The smallest absolute Gasteiger partial charge is 0.0438 e. The van der Waals surface area contributed by atoms with E-state index in [-0.39, 0.29) is 0 Å². The summed E-state index contributed by atoms with van der Waals surface area (Å²) in [5.74, 6) is 1.37. The Morgan fingerprint density at radius 2 is 2.05 bits per heavy atom. The van der Waals surface area contributed by atoms with Gasteiger partial charge in [-0.25, -0.2) is 0 Å². The predicted molar refractivity (Wildman–Crippen MR) is 96.1 cm³/mol. The number of nitrogens with zero attached hydrogens (tertiary/aromatic N) is 1. The van der Waals surface area contributed by atoms with Crippen molar-refractivity contribution in [3.63, 3.8) is 0 Å². The Kier molecular flexibility index (Phi) is 3.95. The van der Waals surface area contributed by atoms with Crippen molar-refractivity contribution >= 4 is 6.72 Å². The molecule has 0 amide bonds. The maximum Gasteiger partial charge on any atom is 0.0438 e. The predicted octanol–water partition coefficient (Wildman–Crippen LogP) is 5.52. The minimum absolute atomic E-state index is 0.334. The van der Waals surface area contributed by atoms with Crippen molar-refractivity contribution in [2.24, 2.45) is 16.3 Å². The summed E-state index contributed by atoms with van der Waals surface area (Å²) >= 11 is 0. The number of rotatable bonds is 3. The maximum absolute atomic E-state index is 4.30. The molecule has 1 heteroatoms. The Morgan fingerprint density at radius 3 is 2.73 bits per heavy atom. The van der Waals surface area contributed by atoms with Crippen molar-refractivity contribution in [1.29, 1.82) is 0 Å². The van der Waals surface area contributed by atoms with E-state index in [1.807, 2.05) is 0 Å². The molecule has 1 aromatic rings. The highest BCUT2D eigenvalue weighted by molar-refractivity contribution is 5.42. The average molecular weight is 297 g/mol. The van der Waals surface area contributed by atoms with E-state index in [9.17, 15) is 0 Å². The Hall–Kier alpha value is -1.11. The molecule has 2 aliphatic rings. The van der Waals surface area contributed by atoms with Crippen molar-refractivity contribution in [1.82, 2.24) is 0 Å². The fourth-order valence-corrected chi connectivity index (χ4v) is 5.45.